The predicted molar refractivity (Wildman–Crippen MR) is 129 cm³/mol. The lowest BCUT2D eigenvalue weighted by Crippen LogP contribution is -2.41. The van der Waals surface area contributed by atoms with E-state index in [0.717, 1.165) is 35.1 Å². The molecule has 0 radical (unpaired) electrons. The molecule has 7 heteroatoms. The second-order valence-electron chi connectivity index (χ2n) is 10.2. The molecule has 0 spiro atoms. The van der Waals surface area contributed by atoms with E-state index in [4.69, 9.17) is 4.98 Å². The van der Waals surface area contributed by atoms with E-state index in [0.29, 0.717) is 36.8 Å². The minimum atomic E-state index is -0.474. The van der Waals surface area contributed by atoms with Gasteiger partial charge in [0.15, 0.2) is 0 Å². The molecule has 176 valence electrons. The number of hydrogen-bond acceptors (Lipinski definition) is 4. The zero-order valence-electron chi connectivity index (χ0n) is 19.5. The molecule has 1 fully saturated rings. The highest BCUT2D eigenvalue weighted by molar-refractivity contribution is 5.95. The molecule has 1 saturated carbocycles. The Labute approximate surface area is 194 Å². The van der Waals surface area contributed by atoms with Crippen molar-refractivity contribution < 1.29 is 14.8 Å². The van der Waals surface area contributed by atoms with Crippen molar-refractivity contribution in [2.24, 2.45) is 11.3 Å². The average molecular weight is 451 g/mol. The number of fused-ring (bicyclic) bond motifs is 2. The van der Waals surface area contributed by atoms with Crippen molar-refractivity contribution in [2.75, 3.05) is 6.54 Å². The van der Waals surface area contributed by atoms with Crippen LogP contribution in [0.4, 0.5) is 0 Å². The first-order valence-electron chi connectivity index (χ1n) is 11.9. The van der Waals surface area contributed by atoms with Gasteiger partial charge in [0.25, 0.3) is 0 Å². The Hall–Kier alpha value is -2.93. The first-order valence-corrected chi connectivity index (χ1v) is 11.9. The van der Waals surface area contributed by atoms with E-state index in [1.165, 1.54) is 18.2 Å². The number of H-pyrrole nitrogens is 1. The predicted octanol–water partition coefficient (Wildman–Crippen LogP) is 4.59. The largest absolute Gasteiger partial charge is 0.355 e. The van der Waals surface area contributed by atoms with E-state index in [1.807, 2.05) is 12.1 Å². The number of carbonyl (C=O) groups excluding carboxylic acids is 2. The molecule has 2 amide bonds. The van der Waals surface area contributed by atoms with Crippen LogP contribution in [0.25, 0.3) is 21.8 Å². The summed E-state index contributed by atoms with van der Waals surface area (Å²) in [5, 5.41) is 16.0. The summed E-state index contributed by atoms with van der Waals surface area (Å²) in [6.45, 7) is 4.67. The third-order valence-electron chi connectivity index (χ3n) is 6.79. The Kier molecular flexibility index (Phi) is 6.98. The van der Waals surface area contributed by atoms with Crippen LogP contribution in [0.2, 0.25) is 0 Å². The number of nitrogens with one attached hydrogen (secondary N) is 2. The van der Waals surface area contributed by atoms with Crippen molar-refractivity contribution in [3.8, 4) is 0 Å². The third-order valence-corrected chi connectivity index (χ3v) is 6.79. The quantitative estimate of drug-likeness (QED) is 0.239. The van der Waals surface area contributed by atoms with Crippen LogP contribution in [-0.2, 0) is 16.0 Å². The smallest absolute Gasteiger partial charge is 0.233 e. The van der Waals surface area contributed by atoms with E-state index in [9.17, 15) is 14.8 Å². The van der Waals surface area contributed by atoms with Crippen molar-refractivity contribution in [3.05, 3.63) is 42.2 Å². The number of hydroxylamine groups is 2. The molecule has 33 heavy (non-hydrogen) atoms. The van der Waals surface area contributed by atoms with Crippen LogP contribution in [0.15, 0.2) is 36.4 Å². The van der Waals surface area contributed by atoms with Gasteiger partial charge < -0.3 is 10.3 Å². The van der Waals surface area contributed by atoms with Crippen LogP contribution < -0.4 is 5.32 Å². The Bertz CT molecular complexity index is 1060. The van der Waals surface area contributed by atoms with Gasteiger partial charge in [-0.2, -0.15) is 0 Å². The van der Waals surface area contributed by atoms with E-state index in [-0.39, 0.29) is 17.7 Å². The van der Waals surface area contributed by atoms with Crippen LogP contribution >= 0.6 is 0 Å². The summed E-state index contributed by atoms with van der Waals surface area (Å²) in [6, 6.07) is 12.0. The minimum absolute atomic E-state index is 0.110. The molecular weight excluding hydrogens is 416 g/mol. The number of rotatable bonds is 10. The number of nitrogens with zero attached hydrogens (tertiary/aromatic N) is 2. The lowest BCUT2D eigenvalue weighted by Gasteiger charge is -2.27. The van der Waals surface area contributed by atoms with Crippen molar-refractivity contribution in [2.45, 2.75) is 64.8 Å². The average Bonchev–Trinajstić information content (AvgIpc) is 3.43. The Morgan fingerprint density at radius 2 is 1.97 bits per heavy atom. The summed E-state index contributed by atoms with van der Waals surface area (Å²) in [4.78, 5) is 31.9. The molecule has 1 atom stereocenters. The van der Waals surface area contributed by atoms with Crippen molar-refractivity contribution in [3.63, 3.8) is 0 Å². The van der Waals surface area contributed by atoms with E-state index >= 15 is 0 Å². The molecular formula is C26H34N4O3. The number of hydrogen-bond donors (Lipinski definition) is 3. The standard InChI is InChI=1S/C26H34N4O3/c1-26(2,15-24-28-22-12-19-9-5-6-10-20(19)13-23(22)29-24)16-27-25(32)14-21(30(33)17-31)11-18-7-3-4-8-18/h5-6,9-10,12-13,17-18,21,33H,3-4,7-8,11,14-16H2,1-2H3,(H,27,32)(H,28,29). The summed E-state index contributed by atoms with van der Waals surface area (Å²) in [5.74, 6) is 1.21. The molecule has 4 rings (SSSR count). The van der Waals surface area contributed by atoms with Crippen molar-refractivity contribution in [1.82, 2.24) is 20.3 Å². The molecule has 1 aliphatic rings. The summed E-state index contributed by atoms with van der Waals surface area (Å²) < 4.78 is 0. The molecule has 3 N–H and O–H groups in total. The van der Waals surface area contributed by atoms with E-state index < -0.39 is 6.04 Å². The van der Waals surface area contributed by atoms with Gasteiger partial charge in [0.05, 0.1) is 17.1 Å². The molecule has 1 heterocycles. The van der Waals surface area contributed by atoms with Gasteiger partial charge in [-0.3, -0.25) is 14.8 Å². The van der Waals surface area contributed by atoms with Gasteiger partial charge in [-0.05, 0) is 40.7 Å². The summed E-state index contributed by atoms with van der Waals surface area (Å²) in [6.07, 6.45) is 6.44. The maximum absolute atomic E-state index is 12.6. The fraction of sp³-hybridized carbons (Fsp3) is 0.500. The molecule has 0 aliphatic heterocycles. The Morgan fingerprint density at radius 3 is 2.67 bits per heavy atom. The molecule has 0 bridgehead atoms. The van der Waals surface area contributed by atoms with Crippen LogP contribution in [0.5, 0.6) is 0 Å². The Balaban J connectivity index is 1.35. The molecule has 1 aromatic heterocycles. The fourth-order valence-electron chi connectivity index (χ4n) is 4.98. The number of aromatic amines is 1. The monoisotopic (exact) mass is 450 g/mol. The topological polar surface area (TPSA) is 98.3 Å². The molecule has 3 aromatic rings. The van der Waals surface area contributed by atoms with E-state index in [1.54, 1.807) is 0 Å². The number of benzene rings is 2. The molecule has 1 aliphatic carbocycles. The van der Waals surface area contributed by atoms with Gasteiger partial charge in [0, 0.05) is 19.4 Å². The first kappa shape index (κ1) is 23.2. The zero-order valence-corrected chi connectivity index (χ0v) is 19.5. The SMILES string of the molecule is CC(C)(CNC(=O)CC(CC1CCCC1)N(O)C=O)Cc1nc2cc3ccccc3cc2[nH]1. The number of carbonyl (C=O) groups is 2. The summed E-state index contributed by atoms with van der Waals surface area (Å²) >= 11 is 0. The second kappa shape index (κ2) is 9.91. The first-order chi connectivity index (χ1) is 15.8. The zero-order chi connectivity index (χ0) is 23.4. The van der Waals surface area contributed by atoms with Gasteiger partial charge in [-0.25, -0.2) is 10.0 Å². The van der Waals surface area contributed by atoms with Crippen LogP contribution in [-0.4, -0.2) is 45.1 Å². The fourth-order valence-corrected chi connectivity index (χ4v) is 4.98. The maximum atomic E-state index is 12.6. The lowest BCUT2D eigenvalue weighted by atomic mass is 9.88. The highest BCUT2D eigenvalue weighted by atomic mass is 16.5. The summed E-state index contributed by atoms with van der Waals surface area (Å²) in [5.41, 5.74) is 1.73. The normalized spacial score (nSPS) is 15.7. The highest BCUT2D eigenvalue weighted by Gasteiger charge is 2.27. The molecule has 1 unspecified atom stereocenters. The van der Waals surface area contributed by atoms with Crippen molar-refractivity contribution >= 4 is 34.1 Å². The molecule has 0 saturated heterocycles. The van der Waals surface area contributed by atoms with E-state index in [2.05, 4.69) is 48.4 Å². The number of imidazole rings is 1. The van der Waals surface area contributed by atoms with Crippen LogP contribution in [0.1, 0.15) is 58.2 Å². The minimum Gasteiger partial charge on any atom is -0.355 e. The van der Waals surface area contributed by atoms with Gasteiger partial charge in [-0.1, -0.05) is 63.8 Å². The van der Waals surface area contributed by atoms with Crippen molar-refractivity contribution in [1.29, 1.82) is 0 Å². The van der Waals surface area contributed by atoms with Gasteiger partial charge in [0.2, 0.25) is 12.3 Å². The molecule has 2 aromatic carbocycles. The number of aromatic nitrogens is 2. The Morgan fingerprint density at radius 1 is 1.27 bits per heavy atom. The number of amides is 2. The van der Waals surface area contributed by atoms with Crippen LogP contribution in [0.3, 0.4) is 0 Å². The maximum Gasteiger partial charge on any atom is 0.233 e. The second-order valence-corrected chi connectivity index (χ2v) is 10.2. The molecule has 7 nitrogen and oxygen atoms in total. The van der Waals surface area contributed by atoms with Gasteiger partial charge in [0.1, 0.15) is 5.82 Å². The highest BCUT2D eigenvalue weighted by Crippen LogP contribution is 2.30. The summed E-state index contributed by atoms with van der Waals surface area (Å²) in [7, 11) is 0. The van der Waals surface area contributed by atoms with Gasteiger partial charge >= 0.3 is 0 Å². The lowest BCUT2D eigenvalue weighted by molar-refractivity contribution is -0.163. The van der Waals surface area contributed by atoms with Crippen LogP contribution in [0, 0.1) is 11.3 Å². The van der Waals surface area contributed by atoms with Gasteiger partial charge in [-0.15, -0.1) is 0 Å². The third kappa shape index (κ3) is 5.90.